The van der Waals surface area contributed by atoms with E-state index in [-0.39, 0.29) is 12.5 Å². The zero-order valence-corrected chi connectivity index (χ0v) is 15.9. The van der Waals surface area contributed by atoms with Crippen molar-refractivity contribution in [2.45, 2.75) is 19.4 Å². The molecule has 1 heterocycles. The predicted molar refractivity (Wildman–Crippen MR) is 106 cm³/mol. The van der Waals surface area contributed by atoms with Gasteiger partial charge in [0, 0.05) is 19.2 Å². The van der Waals surface area contributed by atoms with Crippen molar-refractivity contribution >= 4 is 5.91 Å². The lowest BCUT2D eigenvalue weighted by Gasteiger charge is -2.32. The molecule has 0 spiro atoms. The number of hydrogen-bond donors (Lipinski definition) is 1. The maximum Gasteiger partial charge on any atom is 0.257 e. The van der Waals surface area contributed by atoms with Gasteiger partial charge in [0.05, 0.1) is 7.11 Å². The summed E-state index contributed by atoms with van der Waals surface area (Å²) in [5, 5.41) is 3.00. The molecule has 1 fully saturated rings. The molecule has 144 valence electrons. The fourth-order valence-electron chi connectivity index (χ4n) is 3.34. The molecule has 0 aliphatic carbocycles. The third-order valence-corrected chi connectivity index (χ3v) is 4.96. The zero-order valence-electron chi connectivity index (χ0n) is 15.9. The Morgan fingerprint density at radius 2 is 1.81 bits per heavy atom. The largest absolute Gasteiger partial charge is 0.497 e. The minimum Gasteiger partial charge on any atom is -0.497 e. The van der Waals surface area contributed by atoms with E-state index in [2.05, 4.69) is 40.5 Å². The van der Waals surface area contributed by atoms with Crippen molar-refractivity contribution in [1.29, 1.82) is 0 Å². The molecule has 0 bridgehead atoms. The first-order chi connectivity index (χ1) is 13.2. The van der Waals surface area contributed by atoms with Crippen molar-refractivity contribution in [2.24, 2.45) is 5.92 Å². The van der Waals surface area contributed by atoms with Crippen LogP contribution in [0.3, 0.4) is 0 Å². The average molecular weight is 368 g/mol. The number of piperidine rings is 1. The normalized spacial score (nSPS) is 15.3. The molecule has 0 aromatic heterocycles. The van der Waals surface area contributed by atoms with Crippen LogP contribution in [-0.2, 0) is 11.3 Å². The smallest absolute Gasteiger partial charge is 0.257 e. The van der Waals surface area contributed by atoms with Gasteiger partial charge in [0.25, 0.3) is 5.91 Å². The summed E-state index contributed by atoms with van der Waals surface area (Å²) in [5.74, 6) is 1.82. The quantitative estimate of drug-likeness (QED) is 0.778. The van der Waals surface area contributed by atoms with Gasteiger partial charge in [0.1, 0.15) is 11.5 Å². The number of carbonyl (C=O) groups excluding carboxylic acids is 1. The van der Waals surface area contributed by atoms with Gasteiger partial charge < -0.3 is 14.8 Å². The molecule has 2 aromatic rings. The molecule has 0 unspecified atom stereocenters. The van der Waals surface area contributed by atoms with Gasteiger partial charge >= 0.3 is 0 Å². The van der Waals surface area contributed by atoms with Gasteiger partial charge in [0.15, 0.2) is 6.61 Å². The van der Waals surface area contributed by atoms with Crippen LogP contribution in [0.15, 0.2) is 54.6 Å². The summed E-state index contributed by atoms with van der Waals surface area (Å²) in [6.45, 7) is 3.92. The molecular formula is C22H28N2O3. The Bertz CT molecular complexity index is 713. The van der Waals surface area contributed by atoms with Gasteiger partial charge in [-0.15, -0.1) is 0 Å². The highest BCUT2D eigenvalue weighted by atomic mass is 16.5. The van der Waals surface area contributed by atoms with Crippen LogP contribution in [0.4, 0.5) is 0 Å². The lowest BCUT2D eigenvalue weighted by atomic mass is 9.96. The van der Waals surface area contributed by atoms with Crippen LogP contribution < -0.4 is 14.8 Å². The van der Waals surface area contributed by atoms with Gasteiger partial charge in [-0.25, -0.2) is 0 Å². The Hall–Kier alpha value is -2.53. The second-order valence-corrected chi connectivity index (χ2v) is 6.98. The lowest BCUT2D eigenvalue weighted by Crippen LogP contribution is -2.39. The minimum absolute atomic E-state index is 0.0278. The number of benzene rings is 2. The monoisotopic (exact) mass is 368 g/mol. The molecule has 3 rings (SSSR count). The molecule has 0 atom stereocenters. The molecule has 1 aliphatic heterocycles. The Labute approximate surface area is 161 Å². The molecule has 5 nitrogen and oxygen atoms in total. The Kier molecular flexibility index (Phi) is 7.11. The SMILES string of the molecule is COc1cccc(OCC(=O)NCC2CCN(Cc3ccccc3)CC2)c1. The highest BCUT2D eigenvalue weighted by Crippen LogP contribution is 2.19. The standard InChI is InChI=1S/C22H28N2O3/c1-26-20-8-5-9-21(14-20)27-17-22(25)23-15-18-10-12-24(13-11-18)16-19-6-3-2-4-7-19/h2-9,14,18H,10-13,15-17H2,1H3,(H,23,25). The van der Waals surface area contributed by atoms with E-state index in [9.17, 15) is 4.79 Å². The van der Waals surface area contributed by atoms with Gasteiger partial charge in [-0.1, -0.05) is 36.4 Å². The summed E-state index contributed by atoms with van der Waals surface area (Å²) in [5.41, 5.74) is 1.36. The maximum absolute atomic E-state index is 12.0. The van der Waals surface area contributed by atoms with Crippen LogP contribution in [-0.4, -0.2) is 44.2 Å². The summed E-state index contributed by atoms with van der Waals surface area (Å²) in [6, 6.07) is 17.9. The highest BCUT2D eigenvalue weighted by molar-refractivity contribution is 5.77. The molecule has 2 aromatic carbocycles. The molecule has 1 saturated heterocycles. The predicted octanol–water partition coefficient (Wildman–Crippen LogP) is 3.10. The van der Waals surface area contributed by atoms with E-state index < -0.39 is 0 Å². The molecule has 1 N–H and O–H groups in total. The molecule has 0 radical (unpaired) electrons. The molecule has 27 heavy (non-hydrogen) atoms. The first kappa shape index (κ1) is 19.2. The summed E-state index contributed by atoms with van der Waals surface area (Å²) in [6.07, 6.45) is 2.23. The maximum atomic E-state index is 12.0. The van der Waals surface area contributed by atoms with Crippen LogP contribution in [0.1, 0.15) is 18.4 Å². The van der Waals surface area contributed by atoms with Crippen molar-refractivity contribution in [3.05, 3.63) is 60.2 Å². The zero-order chi connectivity index (χ0) is 18.9. The van der Waals surface area contributed by atoms with E-state index in [0.29, 0.717) is 11.7 Å². The van der Waals surface area contributed by atoms with Crippen LogP contribution in [0.5, 0.6) is 11.5 Å². The number of nitrogens with one attached hydrogen (secondary N) is 1. The number of ether oxygens (including phenoxy) is 2. The summed E-state index contributed by atoms with van der Waals surface area (Å²) in [4.78, 5) is 14.5. The third-order valence-electron chi connectivity index (χ3n) is 4.96. The van der Waals surface area contributed by atoms with Crippen LogP contribution in [0.2, 0.25) is 0 Å². The molecule has 1 amide bonds. The number of amides is 1. The Morgan fingerprint density at radius 3 is 2.56 bits per heavy atom. The van der Waals surface area contributed by atoms with Crippen LogP contribution >= 0.6 is 0 Å². The van der Waals surface area contributed by atoms with Gasteiger partial charge in [-0.2, -0.15) is 0 Å². The second-order valence-electron chi connectivity index (χ2n) is 6.98. The molecule has 0 saturated carbocycles. The number of methoxy groups -OCH3 is 1. The number of nitrogens with zero attached hydrogens (tertiary/aromatic N) is 1. The van der Waals surface area contributed by atoms with Crippen molar-refractivity contribution in [3.63, 3.8) is 0 Å². The molecular weight excluding hydrogens is 340 g/mol. The number of rotatable bonds is 8. The van der Waals surface area contributed by atoms with E-state index in [0.717, 1.165) is 44.8 Å². The summed E-state index contributed by atoms with van der Waals surface area (Å²) in [7, 11) is 1.61. The number of carbonyl (C=O) groups is 1. The van der Waals surface area contributed by atoms with Crippen molar-refractivity contribution in [3.8, 4) is 11.5 Å². The fraction of sp³-hybridized carbons (Fsp3) is 0.409. The lowest BCUT2D eigenvalue weighted by molar-refractivity contribution is -0.123. The van der Waals surface area contributed by atoms with Gasteiger partial charge in [-0.3, -0.25) is 9.69 Å². The summed E-state index contributed by atoms with van der Waals surface area (Å²) < 4.78 is 10.7. The highest BCUT2D eigenvalue weighted by Gasteiger charge is 2.19. The van der Waals surface area contributed by atoms with Crippen molar-refractivity contribution < 1.29 is 14.3 Å². The van der Waals surface area contributed by atoms with E-state index in [1.807, 2.05) is 18.2 Å². The first-order valence-corrected chi connectivity index (χ1v) is 9.53. The minimum atomic E-state index is -0.0791. The van der Waals surface area contributed by atoms with E-state index in [1.165, 1.54) is 5.56 Å². The van der Waals surface area contributed by atoms with E-state index in [4.69, 9.17) is 9.47 Å². The van der Waals surface area contributed by atoms with Gasteiger partial charge in [-0.05, 0) is 49.5 Å². The van der Waals surface area contributed by atoms with E-state index in [1.54, 1.807) is 13.2 Å². The van der Waals surface area contributed by atoms with E-state index >= 15 is 0 Å². The van der Waals surface area contributed by atoms with Crippen molar-refractivity contribution in [2.75, 3.05) is 33.4 Å². The first-order valence-electron chi connectivity index (χ1n) is 9.53. The van der Waals surface area contributed by atoms with Crippen LogP contribution in [0, 0.1) is 5.92 Å². The third kappa shape index (κ3) is 6.29. The number of likely N-dealkylation sites (tertiary alicyclic amines) is 1. The second kappa shape index (κ2) is 9.97. The molecule has 1 aliphatic rings. The fourth-order valence-corrected chi connectivity index (χ4v) is 3.34. The number of hydrogen-bond acceptors (Lipinski definition) is 4. The van der Waals surface area contributed by atoms with Crippen molar-refractivity contribution in [1.82, 2.24) is 10.2 Å². The topological polar surface area (TPSA) is 50.8 Å². The Balaban J connectivity index is 1.33. The Morgan fingerprint density at radius 1 is 1.07 bits per heavy atom. The molecule has 5 heteroatoms. The average Bonchev–Trinajstić information content (AvgIpc) is 2.72. The van der Waals surface area contributed by atoms with Gasteiger partial charge in [0.2, 0.25) is 0 Å². The van der Waals surface area contributed by atoms with Crippen LogP contribution in [0.25, 0.3) is 0 Å². The summed E-state index contributed by atoms with van der Waals surface area (Å²) >= 11 is 0.